The first-order chi connectivity index (χ1) is 11.3. The summed E-state index contributed by atoms with van der Waals surface area (Å²) in [6, 6.07) is 3.71. The largest absolute Gasteiger partial charge is 0.509 e. The standard InChI is InChI=1S/C18H23ClN2O3/c1-11-5-6-13(19)12(2)14(11)15-16(22)18(20(3)17(15)23)7-9-21(24-4)10-8-18/h5-6,22H,7-10H2,1-4H3. The minimum atomic E-state index is -0.650. The number of benzene rings is 1. The normalized spacial score (nSPS) is 21.2. The predicted octanol–water partition coefficient (Wildman–Crippen LogP) is 3.09. The number of aliphatic hydroxyl groups is 1. The van der Waals surface area contributed by atoms with Gasteiger partial charge in [-0.15, -0.1) is 0 Å². The number of hydrogen-bond donors (Lipinski definition) is 1. The summed E-state index contributed by atoms with van der Waals surface area (Å²) in [5.41, 5.74) is 2.25. The second-order valence-electron chi connectivity index (χ2n) is 6.60. The van der Waals surface area contributed by atoms with Crippen molar-refractivity contribution in [2.45, 2.75) is 32.2 Å². The van der Waals surface area contributed by atoms with E-state index in [9.17, 15) is 9.90 Å². The van der Waals surface area contributed by atoms with Crippen molar-refractivity contribution in [3.05, 3.63) is 39.6 Å². The minimum absolute atomic E-state index is 0.146. The van der Waals surface area contributed by atoms with Gasteiger partial charge in [0.25, 0.3) is 5.91 Å². The Hall–Kier alpha value is -1.56. The monoisotopic (exact) mass is 350 g/mol. The van der Waals surface area contributed by atoms with Gasteiger partial charge in [0.1, 0.15) is 11.3 Å². The van der Waals surface area contributed by atoms with E-state index in [1.54, 1.807) is 19.1 Å². The number of halogens is 1. The van der Waals surface area contributed by atoms with E-state index in [0.717, 1.165) is 16.7 Å². The third-order valence-electron chi connectivity index (χ3n) is 5.50. The number of carbonyl (C=O) groups is 1. The van der Waals surface area contributed by atoms with Crippen LogP contribution in [0.5, 0.6) is 0 Å². The van der Waals surface area contributed by atoms with E-state index in [0.29, 0.717) is 36.5 Å². The second-order valence-corrected chi connectivity index (χ2v) is 7.00. The highest BCUT2D eigenvalue weighted by atomic mass is 35.5. The van der Waals surface area contributed by atoms with Crippen LogP contribution in [0.3, 0.4) is 0 Å². The van der Waals surface area contributed by atoms with Gasteiger partial charge >= 0.3 is 0 Å². The molecule has 0 bridgehead atoms. The van der Waals surface area contributed by atoms with Gasteiger partial charge in [-0.25, -0.2) is 0 Å². The van der Waals surface area contributed by atoms with Gasteiger partial charge in [-0.1, -0.05) is 17.7 Å². The number of amides is 1. The molecule has 0 atom stereocenters. The quantitative estimate of drug-likeness (QED) is 0.890. The number of carbonyl (C=O) groups excluding carboxylic acids is 1. The summed E-state index contributed by atoms with van der Waals surface area (Å²) >= 11 is 6.26. The van der Waals surface area contributed by atoms with Gasteiger partial charge in [-0.05, 0) is 49.4 Å². The van der Waals surface area contributed by atoms with Crippen LogP contribution in [0.4, 0.5) is 0 Å². The molecule has 0 aromatic heterocycles. The van der Waals surface area contributed by atoms with E-state index >= 15 is 0 Å². The first kappa shape index (κ1) is 17.3. The lowest BCUT2D eigenvalue weighted by atomic mass is 9.84. The Labute approximate surface area is 147 Å². The van der Waals surface area contributed by atoms with Crippen LogP contribution < -0.4 is 0 Å². The van der Waals surface area contributed by atoms with Gasteiger partial charge in [0.15, 0.2) is 0 Å². The Kier molecular flexibility index (Phi) is 4.36. The number of hydrogen-bond acceptors (Lipinski definition) is 4. The number of hydroxylamine groups is 2. The average Bonchev–Trinajstić information content (AvgIpc) is 2.75. The van der Waals surface area contributed by atoms with Crippen LogP contribution in [0.2, 0.25) is 5.02 Å². The van der Waals surface area contributed by atoms with E-state index in [2.05, 4.69) is 0 Å². The lowest BCUT2D eigenvalue weighted by molar-refractivity contribution is -0.162. The molecule has 1 fully saturated rings. The second kappa shape index (κ2) is 6.06. The van der Waals surface area contributed by atoms with Gasteiger partial charge < -0.3 is 14.8 Å². The number of aliphatic hydroxyl groups excluding tert-OH is 1. The van der Waals surface area contributed by atoms with Crippen LogP contribution in [0, 0.1) is 13.8 Å². The number of rotatable bonds is 2. The van der Waals surface area contributed by atoms with Crippen molar-refractivity contribution in [2.75, 3.05) is 27.2 Å². The van der Waals surface area contributed by atoms with Gasteiger partial charge in [0.2, 0.25) is 0 Å². The van der Waals surface area contributed by atoms with E-state index in [4.69, 9.17) is 16.4 Å². The van der Waals surface area contributed by atoms with Crippen LogP contribution in [0.15, 0.2) is 17.9 Å². The van der Waals surface area contributed by atoms with Crippen molar-refractivity contribution < 1.29 is 14.7 Å². The molecule has 0 unspecified atom stereocenters. The molecule has 2 aliphatic rings. The zero-order valence-electron chi connectivity index (χ0n) is 14.5. The topological polar surface area (TPSA) is 53.0 Å². The smallest absolute Gasteiger partial charge is 0.258 e. The van der Waals surface area contributed by atoms with Crippen molar-refractivity contribution in [3.63, 3.8) is 0 Å². The third kappa shape index (κ3) is 2.34. The summed E-state index contributed by atoms with van der Waals surface area (Å²) in [5.74, 6) is 0.0195. The Balaban J connectivity index is 2.12. The molecule has 1 aromatic rings. The fourth-order valence-electron chi connectivity index (χ4n) is 3.90. The summed E-state index contributed by atoms with van der Waals surface area (Å²) in [6.45, 7) is 5.15. The van der Waals surface area contributed by atoms with Crippen LogP contribution >= 0.6 is 11.6 Å². The van der Waals surface area contributed by atoms with Crippen molar-refractivity contribution in [1.82, 2.24) is 9.96 Å². The fraction of sp³-hybridized carbons (Fsp3) is 0.500. The molecule has 1 amide bonds. The number of likely N-dealkylation sites (N-methyl/N-ethyl adjacent to an activating group) is 1. The number of piperidine rings is 1. The van der Waals surface area contributed by atoms with E-state index in [1.165, 1.54) is 0 Å². The molecule has 1 N–H and O–H groups in total. The van der Waals surface area contributed by atoms with Crippen molar-refractivity contribution in [1.29, 1.82) is 0 Å². The van der Waals surface area contributed by atoms with Gasteiger partial charge in [-0.3, -0.25) is 4.79 Å². The molecule has 0 radical (unpaired) electrons. The third-order valence-corrected chi connectivity index (χ3v) is 5.91. The van der Waals surface area contributed by atoms with Crippen LogP contribution in [0.1, 0.15) is 29.5 Å². The maximum absolute atomic E-state index is 13.0. The molecule has 0 aliphatic carbocycles. The summed E-state index contributed by atoms with van der Waals surface area (Å²) in [4.78, 5) is 19.9. The Morgan fingerprint density at radius 3 is 2.46 bits per heavy atom. The Morgan fingerprint density at radius 1 is 1.25 bits per heavy atom. The molecule has 1 spiro atoms. The van der Waals surface area contributed by atoms with E-state index in [-0.39, 0.29) is 11.7 Å². The fourth-order valence-corrected chi connectivity index (χ4v) is 4.05. The van der Waals surface area contributed by atoms with Gasteiger partial charge in [0, 0.05) is 25.2 Å². The lowest BCUT2D eigenvalue weighted by Crippen LogP contribution is -2.53. The summed E-state index contributed by atoms with van der Waals surface area (Å²) in [7, 11) is 3.41. The Morgan fingerprint density at radius 2 is 1.88 bits per heavy atom. The van der Waals surface area contributed by atoms with Crippen molar-refractivity contribution in [2.24, 2.45) is 0 Å². The molecule has 130 valence electrons. The Bertz CT molecular complexity index is 721. The van der Waals surface area contributed by atoms with Crippen molar-refractivity contribution in [3.8, 4) is 0 Å². The molecular formula is C18H23ClN2O3. The van der Waals surface area contributed by atoms with Crippen LogP contribution in [-0.4, -0.2) is 53.8 Å². The molecule has 2 heterocycles. The van der Waals surface area contributed by atoms with Gasteiger partial charge in [-0.2, -0.15) is 5.06 Å². The van der Waals surface area contributed by atoms with E-state index < -0.39 is 5.54 Å². The van der Waals surface area contributed by atoms with Crippen LogP contribution in [0.25, 0.3) is 5.57 Å². The zero-order valence-corrected chi connectivity index (χ0v) is 15.3. The highest BCUT2D eigenvalue weighted by molar-refractivity contribution is 6.32. The van der Waals surface area contributed by atoms with E-state index in [1.807, 2.05) is 31.0 Å². The maximum atomic E-state index is 13.0. The number of nitrogens with zero attached hydrogens (tertiary/aromatic N) is 2. The molecule has 1 aromatic carbocycles. The molecule has 1 saturated heterocycles. The molecule has 5 nitrogen and oxygen atoms in total. The highest BCUT2D eigenvalue weighted by Crippen LogP contribution is 2.45. The first-order valence-corrected chi connectivity index (χ1v) is 8.48. The van der Waals surface area contributed by atoms with Crippen molar-refractivity contribution >= 4 is 23.1 Å². The maximum Gasteiger partial charge on any atom is 0.258 e. The molecule has 3 rings (SSSR count). The molecule has 24 heavy (non-hydrogen) atoms. The molecule has 6 heteroatoms. The summed E-state index contributed by atoms with van der Waals surface area (Å²) in [6.07, 6.45) is 1.27. The first-order valence-electron chi connectivity index (χ1n) is 8.10. The zero-order chi connectivity index (χ0) is 17.6. The number of aryl methyl sites for hydroxylation is 1. The summed E-state index contributed by atoms with van der Waals surface area (Å²) in [5, 5.41) is 13.5. The van der Waals surface area contributed by atoms with Crippen LogP contribution in [-0.2, 0) is 9.63 Å². The SMILES string of the molecule is CON1CCC2(CC1)C(O)=C(c1c(C)ccc(Cl)c1C)C(=O)N2C. The van der Waals surface area contributed by atoms with Gasteiger partial charge in [0.05, 0.1) is 12.7 Å². The lowest BCUT2D eigenvalue weighted by Gasteiger charge is -2.42. The highest BCUT2D eigenvalue weighted by Gasteiger charge is 2.52. The molecule has 0 saturated carbocycles. The molecular weight excluding hydrogens is 328 g/mol. The average molecular weight is 351 g/mol. The minimum Gasteiger partial charge on any atom is -0.509 e. The molecule has 2 aliphatic heterocycles. The predicted molar refractivity (Wildman–Crippen MR) is 93.8 cm³/mol. The summed E-state index contributed by atoms with van der Waals surface area (Å²) < 4.78 is 0.